The minimum absolute atomic E-state index is 0.0638. The van der Waals surface area contributed by atoms with Crippen LogP contribution < -0.4 is 4.74 Å². The lowest BCUT2D eigenvalue weighted by molar-refractivity contribution is -0.138. The third kappa shape index (κ3) is 4.99. The lowest BCUT2D eigenvalue weighted by Crippen LogP contribution is -2.33. The molecule has 5 nitrogen and oxygen atoms in total. The molecule has 0 saturated carbocycles. The highest BCUT2D eigenvalue weighted by atomic mass is 16.5. The number of carboxylic acids is 1. The molecule has 0 aromatic heterocycles. The van der Waals surface area contributed by atoms with E-state index in [1.807, 2.05) is 32.0 Å². The van der Waals surface area contributed by atoms with Crippen LogP contribution >= 0.6 is 0 Å². The predicted octanol–water partition coefficient (Wildman–Crippen LogP) is 1.62. The van der Waals surface area contributed by atoms with Crippen LogP contribution in [0.1, 0.15) is 17.5 Å². The van der Waals surface area contributed by atoms with Gasteiger partial charge in [0.15, 0.2) is 6.61 Å². The van der Waals surface area contributed by atoms with Crippen LogP contribution in [0.3, 0.4) is 0 Å². The van der Waals surface area contributed by atoms with Gasteiger partial charge in [-0.25, -0.2) is 0 Å². The Morgan fingerprint density at radius 2 is 2.00 bits per heavy atom. The predicted molar refractivity (Wildman–Crippen MR) is 71.3 cm³/mol. The van der Waals surface area contributed by atoms with Crippen LogP contribution in [0.2, 0.25) is 0 Å². The number of nitrogens with zero attached hydrogens (tertiary/aromatic N) is 1. The summed E-state index contributed by atoms with van der Waals surface area (Å²) in [6.45, 7) is 3.96. The molecule has 1 amide bonds. The number of hydrogen-bond donors (Lipinski definition) is 1. The average molecular weight is 265 g/mol. The Morgan fingerprint density at radius 1 is 1.32 bits per heavy atom. The zero-order chi connectivity index (χ0) is 14.4. The summed E-state index contributed by atoms with van der Waals surface area (Å²) in [5.41, 5.74) is 2.03. The zero-order valence-electron chi connectivity index (χ0n) is 11.5. The van der Waals surface area contributed by atoms with Gasteiger partial charge in [-0.1, -0.05) is 12.1 Å². The van der Waals surface area contributed by atoms with E-state index in [2.05, 4.69) is 0 Å². The number of carbonyl (C=O) groups excluding carboxylic acids is 1. The first-order valence-corrected chi connectivity index (χ1v) is 6.06. The quantitative estimate of drug-likeness (QED) is 0.848. The van der Waals surface area contributed by atoms with Crippen LogP contribution in [-0.2, 0) is 9.59 Å². The minimum atomic E-state index is -0.921. The first-order valence-electron chi connectivity index (χ1n) is 6.06. The molecular weight excluding hydrogens is 246 g/mol. The molecule has 0 unspecified atom stereocenters. The molecule has 0 heterocycles. The topological polar surface area (TPSA) is 66.8 Å². The molecule has 0 aliphatic rings. The second-order valence-electron chi connectivity index (χ2n) is 4.52. The van der Waals surface area contributed by atoms with Crippen LogP contribution in [-0.4, -0.2) is 42.1 Å². The highest BCUT2D eigenvalue weighted by molar-refractivity contribution is 5.78. The number of hydrogen-bond acceptors (Lipinski definition) is 3. The summed E-state index contributed by atoms with van der Waals surface area (Å²) in [6.07, 6.45) is -0.0638. The number of aliphatic carboxylic acids is 1. The largest absolute Gasteiger partial charge is 0.483 e. The van der Waals surface area contributed by atoms with Crippen molar-refractivity contribution in [3.63, 3.8) is 0 Å². The number of likely N-dealkylation sites (N-methyl/N-ethyl adjacent to an activating group) is 1. The van der Waals surface area contributed by atoms with E-state index in [0.29, 0.717) is 5.75 Å². The van der Waals surface area contributed by atoms with Gasteiger partial charge in [0.05, 0.1) is 6.42 Å². The lowest BCUT2D eigenvalue weighted by atomic mass is 10.1. The lowest BCUT2D eigenvalue weighted by Gasteiger charge is -2.17. The highest BCUT2D eigenvalue weighted by Gasteiger charge is 2.11. The fraction of sp³-hybridized carbons (Fsp3) is 0.429. The van der Waals surface area contributed by atoms with E-state index < -0.39 is 5.97 Å². The standard InChI is InChI=1S/C14H19NO4/c1-10-4-5-11(2)12(8-10)19-9-13(16)15(3)7-6-14(17)18/h4-5,8H,6-7,9H2,1-3H3,(H,17,18). The second kappa shape index (κ2) is 6.78. The molecule has 1 aromatic carbocycles. The molecule has 0 radical (unpaired) electrons. The van der Waals surface area contributed by atoms with E-state index in [1.54, 1.807) is 7.05 Å². The molecule has 19 heavy (non-hydrogen) atoms. The van der Waals surface area contributed by atoms with Gasteiger partial charge in [0.25, 0.3) is 5.91 Å². The Labute approximate surface area is 112 Å². The summed E-state index contributed by atoms with van der Waals surface area (Å²) in [6, 6.07) is 5.78. The third-order valence-electron chi connectivity index (χ3n) is 2.78. The molecule has 1 aromatic rings. The summed E-state index contributed by atoms with van der Waals surface area (Å²) in [5, 5.41) is 8.55. The molecule has 0 spiro atoms. The van der Waals surface area contributed by atoms with Crippen molar-refractivity contribution < 1.29 is 19.4 Å². The molecule has 0 aliphatic heterocycles. The van der Waals surface area contributed by atoms with Crippen molar-refractivity contribution in [1.82, 2.24) is 4.90 Å². The van der Waals surface area contributed by atoms with Gasteiger partial charge in [0.2, 0.25) is 0 Å². The van der Waals surface area contributed by atoms with Gasteiger partial charge in [-0.3, -0.25) is 9.59 Å². The maximum absolute atomic E-state index is 11.7. The van der Waals surface area contributed by atoms with Crippen molar-refractivity contribution in [2.75, 3.05) is 20.2 Å². The Balaban J connectivity index is 2.49. The maximum atomic E-state index is 11.7. The normalized spacial score (nSPS) is 10.1. The van der Waals surface area contributed by atoms with E-state index in [9.17, 15) is 9.59 Å². The van der Waals surface area contributed by atoms with Gasteiger partial charge in [-0.2, -0.15) is 0 Å². The van der Waals surface area contributed by atoms with E-state index >= 15 is 0 Å². The number of aryl methyl sites for hydroxylation is 2. The van der Waals surface area contributed by atoms with E-state index in [0.717, 1.165) is 11.1 Å². The van der Waals surface area contributed by atoms with Crippen molar-refractivity contribution in [1.29, 1.82) is 0 Å². The first-order chi connectivity index (χ1) is 8.90. The molecule has 0 atom stereocenters. The van der Waals surface area contributed by atoms with Gasteiger partial charge >= 0.3 is 5.97 Å². The molecule has 104 valence electrons. The van der Waals surface area contributed by atoms with Gasteiger partial charge in [-0.15, -0.1) is 0 Å². The van der Waals surface area contributed by atoms with E-state index in [1.165, 1.54) is 4.90 Å². The number of amides is 1. The molecule has 1 rings (SSSR count). The number of carboxylic acid groups (broad SMARTS) is 1. The molecular formula is C14H19NO4. The van der Waals surface area contributed by atoms with Gasteiger partial charge in [0.1, 0.15) is 5.75 Å². The van der Waals surface area contributed by atoms with Gasteiger partial charge < -0.3 is 14.7 Å². The van der Waals surface area contributed by atoms with Crippen molar-refractivity contribution >= 4 is 11.9 Å². The summed E-state index contributed by atoms with van der Waals surface area (Å²) >= 11 is 0. The minimum Gasteiger partial charge on any atom is -0.483 e. The summed E-state index contributed by atoms with van der Waals surface area (Å²) in [7, 11) is 1.57. The zero-order valence-corrected chi connectivity index (χ0v) is 11.5. The Bertz CT molecular complexity index is 471. The second-order valence-corrected chi connectivity index (χ2v) is 4.52. The fourth-order valence-electron chi connectivity index (χ4n) is 1.50. The van der Waals surface area contributed by atoms with Gasteiger partial charge in [0, 0.05) is 13.6 Å². The van der Waals surface area contributed by atoms with Crippen molar-refractivity contribution in [2.45, 2.75) is 20.3 Å². The first kappa shape index (κ1) is 15.0. The van der Waals surface area contributed by atoms with E-state index in [-0.39, 0.29) is 25.5 Å². The number of benzene rings is 1. The van der Waals surface area contributed by atoms with Crippen LogP contribution in [0, 0.1) is 13.8 Å². The summed E-state index contributed by atoms with van der Waals surface area (Å²) < 4.78 is 5.47. The Kier molecular flexibility index (Phi) is 5.36. The Hall–Kier alpha value is -2.04. The molecule has 5 heteroatoms. The third-order valence-corrected chi connectivity index (χ3v) is 2.78. The highest BCUT2D eigenvalue weighted by Crippen LogP contribution is 2.18. The van der Waals surface area contributed by atoms with E-state index in [4.69, 9.17) is 9.84 Å². The number of carbonyl (C=O) groups is 2. The van der Waals surface area contributed by atoms with Crippen molar-refractivity contribution in [2.24, 2.45) is 0 Å². The monoisotopic (exact) mass is 265 g/mol. The maximum Gasteiger partial charge on any atom is 0.305 e. The molecule has 0 saturated heterocycles. The molecule has 0 fully saturated rings. The van der Waals surface area contributed by atoms with Crippen LogP contribution in [0.4, 0.5) is 0 Å². The molecule has 0 bridgehead atoms. The van der Waals surface area contributed by atoms with Crippen molar-refractivity contribution in [3.8, 4) is 5.75 Å². The van der Waals surface area contributed by atoms with Crippen LogP contribution in [0.25, 0.3) is 0 Å². The van der Waals surface area contributed by atoms with Gasteiger partial charge in [-0.05, 0) is 31.0 Å². The number of rotatable bonds is 6. The SMILES string of the molecule is Cc1ccc(C)c(OCC(=O)N(C)CCC(=O)O)c1. The average Bonchev–Trinajstić information content (AvgIpc) is 2.36. The summed E-state index contributed by atoms with van der Waals surface area (Å²) in [4.78, 5) is 23.5. The Morgan fingerprint density at radius 3 is 2.63 bits per heavy atom. The smallest absolute Gasteiger partial charge is 0.305 e. The number of ether oxygens (including phenoxy) is 1. The molecule has 0 aliphatic carbocycles. The van der Waals surface area contributed by atoms with Crippen LogP contribution in [0.5, 0.6) is 5.75 Å². The fourth-order valence-corrected chi connectivity index (χ4v) is 1.50. The molecule has 1 N–H and O–H groups in total. The summed E-state index contributed by atoms with van der Waals surface area (Å²) in [5.74, 6) is -0.475. The van der Waals surface area contributed by atoms with Crippen LogP contribution in [0.15, 0.2) is 18.2 Å². The van der Waals surface area contributed by atoms with Crippen molar-refractivity contribution in [3.05, 3.63) is 29.3 Å².